The van der Waals surface area contributed by atoms with Gasteiger partial charge in [-0.2, -0.15) is 0 Å². The number of halogens is 2. The number of rotatable bonds is 6. The van der Waals surface area contributed by atoms with Crippen molar-refractivity contribution in [2.24, 2.45) is 0 Å². The van der Waals surface area contributed by atoms with E-state index in [0.717, 1.165) is 12.1 Å². The van der Waals surface area contributed by atoms with Crippen LogP contribution in [0.25, 0.3) is 0 Å². The van der Waals surface area contributed by atoms with Gasteiger partial charge in [-0.05, 0) is 36.4 Å². The Bertz CT molecular complexity index is 944. The fraction of sp³-hybridized carbons (Fsp3) is 0.0476. The van der Waals surface area contributed by atoms with Crippen molar-refractivity contribution in [1.82, 2.24) is 5.32 Å². The van der Waals surface area contributed by atoms with E-state index in [1.54, 1.807) is 36.4 Å². The topological polar surface area (TPSA) is 58.2 Å². The minimum absolute atomic E-state index is 0.0752. The van der Waals surface area contributed by atoms with Gasteiger partial charge in [0.1, 0.15) is 11.6 Å². The lowest BCUT2D eigenvalue weighted by atomic mass is 10.1. The highest BCUT2D eigenvalue weighted by molar-refractivity contribution is 6.05. The maximum absolute atomic E-state index is 14.0. The number of amides is 1. The third-order valence-corrected chi connectivity index (χ3v) is 3.88. The van der Waals surface area contributed by atoms with E-state index in [4.69, 9.17) is 0 Å². The van der Waals surface area contributed by atoms with Gasteiger partial charge in [0.05, 0.1) is 5.69 Å². The summed E-state index contributed by atoms with van der Waals surface area (Å²) in [6.45, 7) is 0. The molecule has 0 unspecified atom stereocenters. The summed E-state index contributed by atoms with van der Waals surface area (Å²) in [6.07, 6.45) is -1.21. The minimum atomic E-state index is -1.21. The van der Waals surface area contributed by atoms with Gasteiger partial charge in [0, 0.05) is 11.1 Å². The van der Waals surface area contributed by atoms with Crippen LogP contribution >= 0.6 is 0 Å². The SMILES string of the molecule is O=C(N[C@H](Nc1ccccc1F)C(=O)c1ccccc1)c1ccc(F)cc1. The van der Waals surface area contributed by atoms with Crippen molar-refractivity contribution < 1.29 is 18.4 Å². The third-order valence-electron chi connectivity index (χ3n) is 3.88. The molecule has 0 saturated carbocycles. The number of anilines is 1. The van der Waals surface area contributed by atoms with Crippen LogP contribution in [-0.4, -0.2) is 17.9 Å². The van der Waals surface area contributed by atoms with Gasteiger partial charge >= 0.3 is 0 Å². The number of carbonyl (C=O) groups is 2. The lowest BCUT2D eigenvalue weighted by Crippen LogP contribution is -2.46. The van der Waals surface area contributed by atoms with E-state index >= 15 is 0 Å². The first-order valence-electron chi connectivity index (χ1n) is 8.21. The summed E-state index contributed by atoms with van der Waals surface area (Å²) in [4.78, 5) is 25.3. The minimum Gasteiger partial charge on any atom is -0.356 e. The van der Waals surface area contributed by atoms with Gasteiger partial charge in [-0.15, -0.1) is 0 Å². The summed E-state index contributed by atoms with van der Waals surface area (Å²) < 4.78 is 27.0. The molecule has 0 bridgehead atoms. The summed E-state index contributed by atoms with van der Waals surface area (Å²) in [7, 11) is 0. The van der Waals surface area contributed by atoms with Gasteiger partial charge in [0.25, 0.3) is 5.91 Å². The summed E-state index contributed by atoms with van der Waals surface area (Å²) in [5.41, 5.74) is 0.606. The van der Waals surface area contributed by atoms with Crippen LogP contribution in [0.2, 0.25) is 0 Å². The number of benzene rings is 3. The quantitative estimate of drug-likeness (QED) is 0.512. The summed E-state index contributed by atoms with van der Waals surface area (Å²) in [6, 6.07) is 19.1. The molecule has 0 spiro atoms. The number of nitrogens with one attached hydrogen (secondary N) is 2. The number of hydrogen-bond acceptors (Lipinski definition) is 3. The second kappa shape index (κ2) is 8.23. The number of para-hydroxylation sites is 1. The van der Waals surface area contributed by atoms with E-state index in [-0.39, 0.29) is 11.3 Å². The van der Waals surface area contributed by atoms with Gasteiger partial charge in [-0.25, -0.2) is 8.78 Å². The lowest BCUT2D eigenvalue weighted by Gasteiger charge is -2.21. The standard InChI is InChI=1S/C21H16F2N2O2/c22-16-12-10-15(11-13-16)21(27)25-20(19(26)14-6-2-1-3-7-14)24-18-9-5-4-8-17(18)23/h1-13,20,24H,(H,25,27)/t20-/m0/s1. The number of carbonyl (C=O) groups excluding carboxylic acids is 2. The molecule has 1 atom stereocenters. The molecule has 0 heterocycles. The molecule has 0 aromatic heterocycles. The second-order valence-electron chi connectivity index (χ2n) is 5.77. The molecular weight excluding hydrogens is 350 g/mol. The Morgan fingerprint density at radius 3 is 2.04 bits per heavy atom. The molecular formula is C21H16F2N2O2. The molecule has 0 aliphatic heterocycles. The van der Waals surface area contributed by atoms with Crippen LogP contribution in [0.3, 0.4) is 0 Å². The van der Waals surface area contributed by atoms with Gasteiger partial charge in [-0.1, -0.05) is 42.5 Å². The molecule has 0 fully saturated rings. The average Bonchev–Trinajstić information content (AvgIpc) is 2.69. The summed E-state index contributed by atoms with van der Waals surface area (Å²) >= 11 is 0. The number of Topliss-reactive ketones (excluding diaryl/α,β-unsaturated/α-hetero) is 1. The molecule has 0 aliphatic carbocycles. The molecule has 4 nitrogen and oxygen atoms in total. The van der Waals surface area contributed by atoms with E-state index < -0.39 is 29.5 Å². The highest BCUT2D eigenvalue weighted by atomic mass is 19.1. The van der Waals surface area contributed by atoms with Gasteiger partial charge in [-0.3, -0.25) is 9.59 Å². The van der Waals surface area contributed by atoms with E-state index in [2.05, 4.69) is 10.6 Å². The molecule has 27 heavy (non-hydrogen) atoms. The highest BCUT2D eigenvalue weighted by Gasteiger charge is 2.23. The zero-order valence-corrected chi connectivity index (χ0v) is 14.2. The van der Waals surface area contributed by atoms with Gasteiger partial charge in [0.15, 0.2) is 6.17 Å². The summed E-state index contributed by atoms with van der Waals surface area (Å²) in [5.74, 6) is -2.06. The molecule has 2 N–H and O–H groups in total. The molecule has 0 radical (unpaired) electrons. The zero-order valence-electron chi connectivity index (χ0n) is 14.2. The van der Waals surface area contributed by atoms with Crippen LogP contribution in [0.15, 0.2) is 78.9 Å². The van der Waals surface area contributed by atoms with Crippen LogP contribution < -0.4 is 10.6 Å². The van der Waals surface area contributed by atoms with Crippen LogP contribution in [0.4, 0.5) is 14.5 Å². The van der Waals surface area contributed by atoms with Crippen molar-refractivity contribution in [3.05, 3.63) is 102 Å². The monoisotopic (exact) mass is 366 g/mol. The van der Waals surface area contributed by atoms with E-state index in [9.17, 15) is 18.4 Å². The van der Waals surface area contributed by atoms with Crippen LogP contribution in [0.1, 0.15) is 20.7 Å². The van der Waals surface area contributed by atoms with E-state index in [1.165, 1.54) is 30.3 Å². The Balaban J connectivity index is 1.87. The number of hydrogen-bond donors (Lipinski definition) is 2. The maximum atomic E-state index is 14.0. The Morgan fingerprint density at radius 1 is 0.741 bits per heavy atom. The summed E-state index contributed by atoms with van der Waals surface area (Å²) in [5, 5.41) is 5.27. The predicted molar refractivity (Wildman–Crippen MR) is 98.4 cm³/mol. The normalized spacial score (nSPS) is 11.5. The molecule has 136 valence electrons. The highest BCUT2D eigenvalue weighted by Crippen LogP contribution is 2.15. The molecule has 3 aromatic rings. The number of ketones is 1. The van der Waals surface area contributed by atoms with Crippen molar-refractivity contribution in [2.75, 3.05) is 5.32 Å². The first-order valence-corrected chi connectivity index (χ1v) is 8.21. The molecule has 0 aliphatic rings. The van der Waals surface area contributed by atoms with Crippen molar-refractivity contribution in [3.63, 3.8) is 0 Å². The second-order valence-corrected chi connectivity index (χ2v) is 5.77. The largest absolute Gasteiger partial charge is 0.356 e. The van der Waals surface area contributed by atoms with Crippen LogP contribution in [0, 0.1) is 11.6 Å². The van der Waals surface area contributed by atoms with Gasteiger partial charge < -0.3 is 10.6 Å². The van der Waals surface area contributed by atoms with Gasteiger partial charge in [0.2, 0.25) is 5.78 Å². The smallest absolute Gasteiger partial charge is 0.253 e. The fourth-order valence-corrected chi connectivity index (χ4v) is 2.49. The first-order chi connectivity index (χ1) is 13.0. The van der Waals surface area contributed by atoms with Crippen LogP contribution in [-0.2, 0) is 0 Å². The van der Waals surface area contributed by atoms with E-state index in [0.29, 0.717) is 5.56 Å². The van der Waals surface area contributed by atoms with Crippen molar-refractivity contribution >= 4 is 17.4 Å². The first kappa shape index (κ1) is 18.3. The maximum Gasteiger partial charge on any atom is 0.253 e. The lowest BCUT2D eigenvalue weighted by molar-refractivity contribution is 0.0869. The predicted octanol–water partition coefficient (Wildman–Crippen LogP) is 4.02. The van der Waals surface area contributed by atoms with E-state index in [1.807, 2.05) is 0 Å². The van der Waals surface area contributed by atoms with Crippen molar-refractivity contribution in [1.29, 1.82) is 0 Å². The van der Waals surface area contributed by atoms with Crippen molar-refractivity contribution in [2.45, 2.75) is 6.17 Å². The van der Waals surface area contributed by atoms with Crippen molar-refractivity contribution in [3.8, 4) is 0 Å². The fourth-order valence-electron chi connectivity index (χ4n) is 2.49. The zero-order chi connectivity index (χ0) is 19.2. The molecule has 3 aromatic carbocycles. The molecule has 0 saturated heterocycles. The molecule has 6 heteroatoms. The molecule has 1 amide bonds. The Hall–Kier alpha value is -3.54. The Kier molecular flexibility index (Phi) is 5.56. The Morgan fingerprint density at radius 2 is 1.37 bits per heavy atom. The average molecular weight is 366 g/mol. The van der Waals surface area contributed by atoms with Crippen LogP contribution in [0.5, 0.6) is 0 Å². The third kappa shape index (κ3) is 4.55. The molecule has 3 rings (SSSR count). The Labute approximate surface area is 154 Å².